The van der Waals surface area contributed by atoms with Crippen molar-refractivity contribution in [1.82, 2.24) is 9.55 Å². The molecule has 2 heterocycles. The summed E-state index contributed by atoms with van der Waals surface area (Å²) in [6.45, 7) is 2.30. The Hall–Kier alpha value is -1.04. The lowest BCUT2D eigenvalue weighted by Crippen LogP contribution is -2.38. The molecule has 0 atom stereocenters. The summed E-state index contributed by atoms with van der Waals surface area (Å²) in [6.07, 6.45) is 1.68. The van der Waals surface area contributed by atoms with Gasteiger partial charge in [0.2, 0.25) is 0 Å². The number of halogens is 1. The summed E-state index contributed by atoms with van der Waals surface area (Å²) in [5.74, 6) is 0. The highest BCUT2D eigenvalue weighted by atomic mass is 35.5. The summed E-state index contributed by atoms with van der Waals surface area (Å²) >= 11 is 5.81. The number of fused-ring (bicyclic) bond motifs is 1. The molecule has 2 aromatic rings. The monoisotopic (exact) mass is 238 g/mol. The Balaban J connectivity index is 2.51. The van der Waals surface area contributed by atoms with E-state index in [0.29, 0.717) is 17.4 Å². The summed E-state index contributed by atoms with van der Waals surface area (Å²) in [4.78, 5) is 4.01. The first-order valence-corrected chi connectivity index (χ1v) is 5.41. The molecule has 0 spiro atoms. The molecule has 0 unspecified atom stereocenters. The normalized spacial score (nSPS) is 11.0. The lowest BCUT2D eigenvalue weighted by molar-refractivity contribution is 0.286. The Morgan fingerprint density at radius 2 is 2.31 bits per heavy atom. The van der Waals surface area contributed by atoms with Gasteiger partial charge in [-0.3, -0.25) is 0 Å². The predicted molar refractivity (Wildman–Crippen MR) is 65.0 cm³/mol. The summed E-state index contributed by atoms with van der Waals surface area (Å²) in [5.41, 5.74) is 1.61. The van der Waals surface area contributed by atoms with Crippen molar-refractivity contribution in [2.24, 2.45) is 7.05 Å². The van der Waals surface area contributed by atoms with E-state index in [1.165, 1.54) is 0 Å². The van der Waals surface area contributed by atoms with Crippen LogP contribution in [-0.2, 0) is 11.7 Å². The fourth-order valence-corrected chi connectivity index (χ4v) is 1.87. The fourth-order valence-electron chi connectivity index (χ4n) is 1.71. The summed E-state index contributed by atoms with van der Waals surface area (Å²) in [6, 6.07) is 3.61. The third-order valence-corrected chi connectivity index (χ3v) is 2.72. The molecule has 0 aliphatic rings. The van der Waals surface area contributed by atoms with Crippen molar-refractivity contribution in [3.63, 3.8) is 0 Å². The molecule has 0 amide bonds. The van der Waals surface area contributed by atoms with Crippen LogP contribution in [0, 0.1) is 0 Å². The maximum absolute atomic E-state index is 9.78. The van der Waals surface area contributed by atoms with E-state index < -0.39 is 7.12 Å². The Morgan fingerprint density at radius 3 is 3.00 bits per heavy atom. The second-order valence-corrected chi connectivity index (χ2v) is 3.89. The number of aromatic nitrogens is 2. The zero-order valence-electron chi connectivity index (χ0n) is 9.14. The molecule has 0 fully saturated rings. The molecule has 0 aromatic carbocycles. The highest BCUT2D eigenvalue weighted by molar-refractivity contribution is 6.59. The van der Waals surface area contributed by atoms with Crippen LogP contribution >= 0.6 is 11.6 Å². The highest BCUT2D eigenvalue weighted by Crippen LogP contribution is 2.16. The van der Waals surface area contributed by atoms with Gasteiger partial charge in [-0.15, -0.1) is 0 Å². The summed E-state index contributed by atoms with van der Waals surface area (Å²) < 4.78 is 7.00. The quantitative estimate of drug-likeness (QED) is 0.640. The second-order valence-electron chi connectivity index (χ2n) is 3.50. The summed E-state index contributed by atoms with van der Waals surface area (Å²) in [5, 5.41) is 11.2. The third kappa shape index (κ3) is 1.94. The van der Waals surface area contributed by atoms with E-state index in [2.05, 4.69) is 4.98 Å². The van der Waals surface area contributed by atoms with E-state index in [0.717, 1.165) is 10.9 Å². The number of nitrogens with zero attached hydrogens (tertiary/aromatic N) is 2. The van der Waals surface area contributed by atoms with E-state index in [9.17, 15) is 5.02 Å². The Morgan fingerprint density at radius 1 is 1.56 bits per heavy atom. The van der Waals surface area contributed by atoms with E-state index in [4.69, 9.17) is 16.3 Å². The van der Waals surface area contributed by atoms with E-state index in [-0.39, 0.29) is 0 Å². The van der Waals surface area contributed by atoms with Gasteiger partial charge in [0.1, 0.15) is 5.15 Å². The van der Waals surface area contributed by atoms with E-state index in [1.807, 2.05) is 24.6 Å². The molecule has 0 radical (unpaired) electrons. The van der Waals surface area contributed by atoms with Crippen LogP contribution in [-0.4, -0.2) is 28.3 Å². The minimum absolute atomic E-state index is 0.440. The molecule has 1 N–H and O–H groups in total. The lowest BCUT2D eigenvalue weighted by atomic mass is 9.85. The first kappa shape index (κ1) is 11.5. The average molecular weight is 238 g/mol. The second kappa shape index (κ2) is 4.45. The van der Waals surface area contributed by atoms with Gasteiger partial charge in [0.05, 0.1) is 11.7 Å². The molecule has 4 nitrogen and oxygen atoms in total. The standard InChI is InChI=1S/C10H12BClN2O2/c1-3-16-11(15)9-4-7-5-10(12)13-6-8(7)14(9)2/h4-6,15H,3H2,1-2H3. The van der Waals surface area contributed by atoms with Crippen molar-refractivity contribution in [3.8, 4) is 0 Å². The maximum Gasteiger partial charge on any atom is 0.508 e. The number of aryl methyl sites for hydroxylation is 1. The van der Waals surface area contributed by atoms with Crippen molar-refractivity contribution >= 4 is 35.2 Å². The van der Waals surface area contributed by atoms with Crippen LogP contribution in [0.4, 0.5) is 0 Å². The van der Waals surface area contributed by atoms with Gasteiger partial charge in [-0.25, -0.2) is 4.98 Å². The highest BCUT2D eigenvalue weighted by Gasteiger charge is 2.21. The topological polar surface area (TPSA) is 47.3 Å². The zero-order valence-corrected chi connectivity index (χ0v) is 9.90. The Kier molecular flexibility index (Phi) is 3.19. The first-order valence-electron chi connectivity index (χ1n) is 5.04. The minimum Gasteiger partial charge on any atom is -0.422 e. The predicted octanol–water partition coefficient (Wildman–Crippen LogP) is 0.951. The number of hydrogen-bond acceptors (Lipinski definition) is 3. The van der Waals surface area contributed by atoms with Crippen molar-refractivity contribution < 1.29 is 9.68 Å². The van der Waals surface area contributed by atoms with E-state index >= 15 is 0 Å². The lowest BCUT2D eigenvalue weighted by Gasteiger charge is -2.07. The summed E-state index contributed by atoms with van der Waals surface area (Å²) in [7, 11) is 0.941. The van der Waals surface area contributed by atoms with Gasteiger partial charge in [-0.1, -0.05) is 11.6 Å². The molecule has 16 heavy (non-hydrogen) atoms. The Bertz CT molecular complexity index is 515. The van der Waals surface area contributed by atoms with Crippen molar-refractivity contribution in [2.45, 2.75) is 6.92 Å². The van der Waals surface area contributed by atoms with Crippen LogP contribution in [0.3, 0.4) is 0 Å². The van der Waals surface area contributed by atoms with Crippen molar-refractivity contribution in [3.05, 3.63) is 23.5 Å². The van der Waals surface area contributed by atoms with Crippen molar-refractivity contribution in [2.75, 3.05) is 6.61 Å². The molecule has 0 saturated carbocycles. The molecule has 2 rings (SSSR count). The van der Waals surface area contributed by atoms with Gasteiger partial charge in [-0.05, 0) is 19.1 Å². The van der Waals surface area contributed by atoms with Crippen molar-refractivity contribution in [1.29, 1.82) is 0 Å². The molecular formula is C10H12BClN2O2. The van der Waals surface area contributed by atoms with Gasteiger partial charge in [-0.2, -0.15) is 0 Å². The molecule has 0 aliphatic heterocycles. The average Bonchev–Trinajstić information content (AvgIpc) is 2.56. The van der Waals surface area contributed by atoms with Gasteiger partial charge in [0.25, 0.3) is 0 Å². The molecule has 0 aliphatic carbocycles. The minimum atomic E-state index is -0.916. The number of pyridine rings is 1. The Labute approximate surface area is 99.0 Å². The van der Waals surface area contributed by atoms with Crippen LogP contribution in [0.5, 0.6) is 0 Å². The smallest absolute Gasteiger partial charge is 0.422 e. The first-order chi connectivity index (χ1) is 7.63. The maximum atomic E-state index is 9.78. The number of hydrogen-bond donors (Lipinski definition) is 1. The zero-order chi connectivity index (χ0) is 11.7. The number of rotatable bonds is 3. The SMILES string of the molecule is CCOB(O)c1cc2cc(Cl)ncc2n1C. The fraction of sp³-hybridized carbons (Fsp3) is 0.300. The van der Waals surface area contributed by atoms with E-state index in [1.54, 1.807) is 12.3 Å². The molecule has 0 saturated heterocycles. The molecular weight excluding hydrogens is 226 g/mol. The van der Waals surface area contributed by atoms with Crippen LogP contribution in [0.25, 0.3) is 10.9 Å². The molecule has 84 valence electrons. The van der Waals surface area contributed by atoms with Gasteiger partial charge >= 0.3 is 7.12 Å². The van der Waals surface area contributed by atoms with Crippen LogP contribution in [0.1, 0.15) is 6.92 Å². The molecule has 0 bridgehead atoms. The van der Waals surface area contributed by atoms with Gasteiger partial charge < -0.3 is 14.2 Å². The van der Waals surface area contributed by atoms with Gasteiger partial charge in [0, 0.05) is 24.6 Å². The van der Waals surface area contributed by atoms with Crippen LogP contribution < -0.4 is 5.59 Å². The molecule has 2 aromatic heterocycles. The van der Waals surface area contributed by atoms with Crippen LogP contribution in [0.2, 0.25) is 5.15 Å². The third-order valence-electron chi connectivity index (χ3n) is 2.51. The largest absolute Gasteiger partial charge is 0.508 e. The van der Waals surface area contributed by atoms with Crippen LogP contribution in [0.15, 0.2) is 18.3 Å². The molecule has 6 heteroatoms. The van der Waals surface area contributed by atoms with Gasteiger partial charge in [0.15, 0.2) is 0 Å².